The maximum atomic E-state index is 12.2. The first-order valence-corrected chi connectivity index (χ1v) is 6.05. The molecule has 0 saturated carbocycles. The molecule has 0 aromatic carbocycles. The Morgan fingerprint density at radius 1 is 1.62 bits per heavy atom. The molecule has 2 aromatic rings. The van der Waals surface area contributed by atoms with Gasteiger partial charge < -0.3 is 4.74 Å². The molecule has 1 aliphatic rings. The Morgan fingerprint density at radius 2 is 2.38 bits per heavy atom. The zero-order valence-corrected chi connectivity index (χ0v) is 10.0. The van der Waals surface area contributed by atoms with Gasteiger partial charge >= 0.3 is 0 Å². The first-order valence-electron chi connectivity index (χ1n) is 5.23. The minimum absolute atomic E-state index is 0.0577. The molecule has 0 bridgehead atoms. The molecule has 0 amide bonds. The maximum absolute atomic E-state index is 12.2. The summed E-state index contributed by atoms with van der Waals surface area (Å²) in [4.78, 5) is 18.5. The molecule has 3 rings (SSSR count). The van der Waals surface area contributed by atoms with Gasteiger partial charge in [0.05, 0.1) is 31.0 Å². The van der Waals surface area contributed by atoms with Crippen molar-refractivity contribution in [2.45, 2.75) is 26.5 Å². The first kappa shape index (κ1) is 9.99. The number of rotatable bonds is 2. The Morgan fingerprint density at radius 3 is 3.06 bits per heavy atom. The van der Waals surface area contributed by atoms with Gasteiger partial charge in [0, 0.05) is 4.88 Å². The molecule has 1 atom stereocenters. The molecule has 0 spiro atoms. The summed E-state index contributed by atoms with van der Waals surface area (Å²) in [6.45, 7) is 5.38. The van der Waals surface area contributed by atoms with Crippen LogP contribution < -0.4 is 5.56 Å². The predicted octanol–water partition coefficient (Wildman–Crippen LogP) is 1.47. The van der Waals surface area contributed by atoms with E-state index in [2.05, 4.69) is 4.98 Å². The van der Waals surface area contributed by atoms with Crippen molar-refractivity contribution < 1.29 is 4.74 Å². The average Bonchev–Trinajstić information content (AvgIpc) is 3.00. The molecular weight excluding hydrogens is 224 g/mol. The number of nitrogens with zero attached hydrogens (tertiary/aromatic N) is 2. The van der Waals surface area contributed by atoms with Crippen molar-refractivity contribution in [3.63, 3.8) is 0 Å². The van der Waals surface area contributed by atoms with Crippen LogP contribution in [0.5, 0.6) is 0 Å². The van der Waals surface area contributed by atoms with Crippen LogP contribution in [0.15, 0.2) is 11.1 Å². The third kappa shape index (κ3) is 1.47. The van der Waals surface area contributed by atoms with Crippen molar-refractivity contribution in [2.24, 2.45) is 0 Å². The second-order valence-electron chi connectivity index (χ2n) is 4.12. The summed E-state index contributed by atoms with van der Waals surface area (Å²) in [5, 5.41) is 0.769. The van der Waals surface area contributed by atoms with E-state index in [1.165, 1.54) is 4.88 Å². The number of fused-ring (bicyclic) bond motifs is 1. The summed E-state index contributed by atoms with van der Waals surface area (Å²) >= 11 is 1.58. The summed E-state index contributed by atoms with van der Waals surface area (Å²) in [5.41, 5.74) is 1.12. The van der Waals surface area contributed by atoms with Gasteiger partial charge in [0.15, 0.2) is 0 Å². The summed E-state index contributed by atoms with van der Waals surface area (Å²) in [6.07, 6.45) is 1.83. The Labute approximate surface area is 96.5 Å². The molecule has 0 N–H and O–H groups in total. The van der Waals surface area contributed by atoms with Crippen LogP contribution in [0.1, 0.15) is 10.4 Å². The van der Waals surface area contributed by atoms with E-state index in [-0.39, 0.29) is 11.7 Å². The molecule has 1 fully saturated rings. The van der Waals surface area contributed by atoms with Gasteiger partial charge in [-0.2, -0.15) is 0 Å². The zero-order valence-electron chi connectivity index (χ0n) is 9.19. The Balaban J connectivity index is 2.21. The molecule has 2 aromatic heterocycles. The van der Waals surface area contributed by atoms with Gasteiger partial charge in [-0.1, -0.05) is 0 Å². The second-order valence-corrected chi connectivity index (χ2v) is 5.32. The fourth-order valence-corrected chi connectivity index (χ4v) is 2.78. The highest BCUT2D eigenvalue weighted by atomic mass is 32.1. The second kappa shape index (κ2) is 3.40. The van der Waals surface area contributed by atoms with Crippen LogP contribution in [0.25, 0.3) is 10.2 Å². The highest BCUT2D eigenvalue weighted by Gasteiger charge is 2.24. The summed E-state index contributed by atoms with van der Waals surface area (Å²) in [5.74, 6) is 0. The number of aromatic nitrogens is 2. The minimum Gasteiger partial charge on any atom is -0.371 e. The van der Waals surface area contributed by atoms with E-state index >= 15 is 0 Å². The predicted molar refractivity (Wildman–Crippen MR) is 63.1 cm³/mol. The Hall–Kier alpha value is -1.20. The van der Waals surface area contributed by atoms with Crippen molar-refractivity contribution in [3.05, 3.63) is 27.1 Å². The summed E-state index contributed by atoms with van der Waals surface area (Å²) in [7, 11) is 0. The van der Waals surface area contributed by atoms with Crippen LogP contribution in [0.3, 0.4) is 0 Å². The molecule has 4 nitrogen and oxygen atoms in total. The van der Waals surface area contributed by atoms with Gasteiger partial charge in [0.25, 0.3) is 5.56 Å². The highest BCUT2D eigenvalue weighted by molar-refractivity contribution is 7.18. The third-order valence-corrected chi connectivity index (χ3v) is 4.07. The van der Waals surface area contributed by atoms with Crippen molar-refractivity contribution in [2.75, 3.05) is 6.61 Å². The fourth-order valence-electron chi connectivity index (χ4n) is 1.79. The lowest BCUT2D eigenvalue weighted by atomic mass is 10.2. The van der Waals surface area contributed by atoms with Gasteiger partial charge in [-0.25, -0.2) is 4.98 Å². The molecule has 1 aliphatic heterocycles. The standard InChI is InChI=1S/C11H12N2O2S/c1-6-7(2)16-10-9(6)11(14)13(5-12-10)3-8-4-15-8/h5,8H,3-4H2,1-2H3. The minimum atomic E-state index is 0.0577. The largest absolute Gasteiger partial charge is 0.371 e. The quantitative estimate of drug-likeness (QED) is 0.742. The van der Waals surface area contributed by atoms with E-state index < -0.39 is 0 Å². The summed E-state index contributed by atoms with van der Waals surface area (Å²) < 4.78 is 6.78. The molecule has 0 radical (unpaired) electrons. The molecule has 84 valence electrons. The SMILES string of the molecule is Cc1sc2ncn(CC3CO3)c(=O)c2c1C. The van der Waals surface area contributed by atoms with Crippen molar-refractivity contribution >= 4 is 21.6 Å². The van der Waals surface area contributed by atoms with Crippen LogP contribution in [-0.4, -0.2) is 22.3 Å². The molecule has 0 aliphatic carbocycles. The van der Waals surface area contributed by atoms with Gasteiger partial charge in [0.1, 0.15) is 4.83 Å². The molecular formula is C11H12N2O2S. The van der Waals surface area contributed by atoms with Crippen molar-refractivity contribution in [1.82, 2.24) is 9.55 Å². The average molecular weight is 236 g/mol. The van der Waals surface area contributed by atoms with E-state index in [9.17, 15) is 4.79 Å². The highest BCUT2D eigenvalue weighted by Crippen LogP contribution is 2.25. The van der Waals surface area contributed by atoms with Crippen molar-refractivity contribution in [3.8, 4) is 0 Å². The number of ether oxygens (including phenoxy) is 1. The lowest BCUT2D eigenvalue weighted by Crippen LogP contribution is -2.22. The van der Waals surface area contributed by atoms with Crippen LogP contribution in [0.4, 0.5) is 0 Å². The molecule has 16 heavy (non-hydrogen) atoms. The Kier molecular flexibility index (Phi) is 2.12. The molecule has 1 saturated heterocycles. The van der Waals surface area contributed by atoms with E-state index in [0.29, 0.717) is 6.54 Å². The van der Waals surface area contributed by atoms with E-state index in [0.717, 1.165) is 22.4 Å². The van der Waals surface area contributed by atoms with Crippen molar-refractivity contribution in [1.29, 1.82) is 0 Å². The fraction of sp³-hybridized carbons (Fsp3) is 0.455. The molecule has 3 heterocycles. The van der Waals surface area contributed by atoms with Crippen LogP contribution >= 0.6 is 11.3 Å². The van der Waals surface area contributed by atoms with Crippen LogP contribution in [0.2, 0.25) is 0 Å². The first-order chi connectivity index (χ1) is 7.66. The van der Waals surface area contributed by atoms with Gasteiger partial charge in [-0.3, -0.25) is 9.36 Å². The summed E-state index contributed by atoms with van der Waals surface area (Å²) in [6, 6.07) is 0. The lowest BCUT2D eigenvalue weighted by Gasteiger charge is -2.02. The lowest BCUT2D eigenvalue weighted by molar-refractivity contribution is 0.380. The van der Waals surface area contributed by atoms with Gasteiger partial charge in [-0.15, -0.1) is 11.3 Å². The molecule has 1 unspecified atom stereocenters. The monoisotopic (exact) mass is 236 g/mol. The third-order valence-electron chi connectivity index (χ3n) is 2.96. The Bertz CT molecular complexity index is 610. The number of hydrogen-bond acceptors (Lipinski definition) is 4. The maximum Gasteiger partial charge on any atom is 0.262 e. The number of epoxide rings is 1. The van der Waals surface area contributed by atoms with Gasteiger partial charge in [0.2, 0.25) is 0 Å². The van der Waals surface area contributed by atoms with Gasteiger partial charge in [-0.05, 0) is 19.4 Å². The van der Waals surface area contributed by atoms with E-state index in [4.69, 9.17) is 4.74 Å². The van der Waals surface area contributed by atoms with E-state index in [1.807, 2.05) is 13.8 Å². The molecule has 5 heteroatoms. The van der Waals surface area contributed by atoms with Crippen LogP contribution in [-0.2, 0) is 11.3 Å². The smallest absolute Gasteiger partial charge is 0.262 e. The number of hydrogen-bond donors (Lipinski definition) is 0. The zero-order chi connectivity index (χ0) is 11.3. The normalized spacial score (nSPS) is 19.2. The van der Waals surface area contributed by atoms with Crippen LogP contribution in [0, 0.1) is 13.8 Å². The number of thiophene rings is 1. The van der Waals surface area contributed by atoms with E-state index in [1.54, 1.807) is 22.2 Å². The topological polar surface area (TPSA) is 47.4 Å². The number of aryl methyl sites for hydroxylation is 2.